The number of benzene rings is 1. The maximum atomic E-state index is 6.20. The molecule has 0 radical (unpaired) electrons. The summed E-state index contributed by atoms with van der Waals surface area (Å²) in [5.41, 5.74) is 11.7. The number of fused-ring (bicyclic) bond motifs is 1. The van der Waals surface area contributed by atoms with E-state index in [1.54, 1.807) is 0 Å². The minimum atomic E-state index is -0.169. The van der Waals surface area contributed by atoms with Gasteiger partial charge < -0.3 is 10.5 Å². The molecule has 1 aromatic carbocycles. The van der Waals surface area contributed by atoms with Gasteiger partial charge >= 0.3 is 0 Å². The number of ether oxygens (including phenoxy) is 1. The summed E-state index contributed by atoms with van der Waals surface area (Å²) in [4.78, 5) is 0.308. The van der Waals surface area contributed by atoms with Crippen molar-refractivity contribution >= 4 is 21.6 Å². The zero-order valence-corrected chi connectivity index (χ0v) is 12.7. The van der Waals surface area contributed by atoms with Crippen LogP contribution in [-0.2, 0) is 6.42 Å². The van der Waals surface area contributed by atoms with Gasteiger partial charge in [0, 0.05) is 17.7 Å². The van der Waals surface area contributed by atoms with Gasteiger partial charge in [-0.3, -0.25) is 0 Å². The highest BCUT2D eigenvalue weighted by molar-refractivity contribution is 9.09. The smallest absolute Gasteiger partial charge is 0.127 e. The van der Waals surface area contributed by atoms with Crippen LogP contribution in [0, 0.1) is 20.8 Å². The number of rotatable bonds is 1. The zero-order chi connectivity index (χ0) is 13.0. The minimum absolute atomic E-state index is 0.169. The molecule has 2 atom stereocenters. The van der Waals surface area contributed by atoms with Crippen molar-refractivity contribution in [3.05, 3.63) is 22.3 Å². The first-order valence-corrected chi connectivity index (χ1v) is 6.90. The van der Waals surface area contributed by atoms with E-state index in [0.717, 1.165) is 23.4 Å². The summed E-state index contributed by atoms with van der Waals surface area (Å²) in [6.07, 6.45) is 0.923. The van der Waals surface area contributed by atoms with Gasteiger partial charge in [-0.05, 0) is 51.3 Å². The third kappa shape index (κ3) is 1.75. The van der Waals surface area contributed by atoms with E-state index in [0.29, 0.717) is 4.83 Å². The summed E-state index contributed by atoms with van der Waals surface area (Å²) >= 11 is 3.65. The first-order valence-electron chi connectivity index (χ1n) is 5.99. The maximum absolute atomic E-state index is 6.20. The molecule has 2 rings (SSSR count). The molecule has 1 aromatic rings. The normalized spacial score (nSPS) is 24.4. The van der Waals surface area contributed by atoms with Gasteiger partial charge in [0.1, 0.15) is 11.4 Å². The molecule has 0 aliphatic carbocycles. The molecule has 2 unspecified atom stereocenters. The van der Waals surface area contributed by atoms with Gasteiger partial charge in [0.25, 0.3) is 0 Å². The van der Waals surface area contributed by atoms with E-state index in [2.05, 4.69) is 50.5 Å². The molecule has 94 valence electrons. The van der Waals surface area contributed by atoms with Gasteiger partial charge in [0.2, 0.25) is 0 Å². The predicted molar refractivity (Wildman–Crippen MR) is 76.2 cm³/mol. The first-order chi connectivity index (χ1) is 7.78. The fourth-order valence-corrected chi connectivity index (χ4v) is 2.66. The molecule has 0 saturated heterocycles. The highest BCUT2D eigenvalue weighted by Gasteiger charge is 2.41. The molecule has 0 amide bonds. The maximum Gasteiger partial charge on any atom is 0.127 e. The number of hydrogen-bond acceptors (Lipinski definition) is 2. The van der Waals surface area contributed by atoms with E-state index in [9.17, 15) is 0 Å². The fraction of sp³-hybridized carbons (Fsp3) is 0.571. The van der Waals surface area contributed by atoms with Crippen molar-refractivity contribution in [3.8, 4) is 5.75 Å². The molecular weight excluding hydrogens is 278 g/mol. The number of anilines is 1. The van der Waals surface area contributed by atoms with Crippen molar-refractivity contribution in [2.45, 2.75) is 51.5 Å². The van der Waals surface area contributed by atoms with Crippen LogP contribution in [0.5, 0.6) is 5.75 Å². The largest absolute Gasteiger partial charge is 0.485 e. The van der Waals surface area contributed by atoms with Crippen molar-refractivity contribution in [2.75, 3.05) is 5.73 Å². The van der Waals surface area contributed by atoms with E-state index >= 15 is 0 Å². The van der Waals surface area contributed by atoms with Crippen molar-refractivity contribution in [2.24, 2.45) is 0 Å². The quantitative estimate of drug-likeness (QED) is 0.634. The van der Waals surface area contributed by atoms with Gasteiger partial charge in [-0.2, -0.15) is 0 Å². The molecule has 2 N–H and O–H groups in total. The average molecular weight is 298 g/mol. The molecule has 0 aromatic heterocycles. The monoisotopic (exact) mass is 297 g/mol. The van der Waals surface area contributed by atoms with Crippen molar-refractivity contribution in [3.63, 3.8) is 0 Å². The van der Waals surface area contributed by atoms with Crippen LogP contribution in [0.4, 0.5) is 5.69 Å². The Morgan fingerprint density at radius 1 is 1.24 bits per heavy atom. The van der Waals surface area contributed by atoms with Crippen LogP contribution in [0.25, 0.3) is 0 Å². The summed E-state index contributed by atoms with van der Waals surface area (Å²) in [5.74, 6) is 1.04. The topological polar surface area (TPSA) is 35.2 Å². The van der Waals surface area contributed by atoms with Crippen LogP contribution in [-0.4, -0.2) is 10.4 Å². The molecule has 1 aliphatic rings. The van der Waals surface area contributed by atoms with Gasteiger partial charge in [0.15, 0.2) is 0 Å². The van der Waals surface area contributed by atoms with Crippen molar-refractivity contribution < 1.29 is 4.74 Å². The Morgan fingerprint density at radius 2 is 1.82 bits per heavy atom. The summed E-state index contributed by atoms with van der Waals surface area (Å²) in [6, 6.07) is 0. The first kappa shape index (κ1) is 12.7. The summed E-state index contributed by atoms with van der Waals surface area (Å²) in [7, 11) is 0. The third-order valence-corrected chi connectivity index (χ3v) is 5.11. The lowest BCUT2D eigenvalue weighted by molar-refractivity contribution is 0.119. The highest BCUT2D eigenvalue weighted by atomic mass is 79.9. The molecule has 0 fully saturated rings. The number of hydrogen-bond donors (Lipinski definition) is 1. The second-order valence-electron chi connectivity index (χ2n) is 5.30. The molecule has 1 heterocycles. The van der Waals surface area contributed by atoms with Crippen LogP contribution in [0.1, 0.15) is 36.1 Å². The zero-order valence-electron chi connectivity index (χ0n) is 11.1. The lowest BCUT2D eigenvalue weighted by Gasteiger charge is -2.27. The molecule has 0 spiro atoms. The van der Waals surface area contributed by atoms with Crippen LogP contribution in [0.15, 0.2) is 0 Å². The standard InChI is InChI=1S/C14H20BrNO/c1-7-8(2)13-11(9(3)12(7)16)6-14(5,17-13)10(4)15/h10H,6,16H2,1-5H3. The second kappa shape index (κ2) is 3.91. The lowest BCUT2D eigenvalue weighted by atomic mass is 9.91. The van der Waals surface area contributed by atoms with Crippen molar-refractivity contribution in [1.29, 1.82) is 0 Å². The molecule has 0 bridgehead atoms. The van der Waals surface area contributed by atoms with Crippen LogP contribution in [0.2, 0.25) is 0 Å². The average Bonchev–Trinajstić information content (AvgIpc) is 2.63. The molecular formula is C14H20BrNO. The minimum Gasteiger partial charge on any atom is -0.485 e. The van der Waals surface area contributed by atoms with Gasteiger partial charge in [-0.15, -0.1) is 0 Å². The molecule has 17 heavy (non-hydrogen) atoms. The fourth-order valence-electron chi connectivity index (χ4n) is 2.41. The Balaban J connectivity index is 2.60. The predicted octanol–water partition coefficient (Wildman–Crippen LogP) is 3.67. The van der Waals surface area contributed by atoms with E-state index in [1.165, 1.54) is 16.7 Å². The molecule has 3 heteroatoms. The number of halogens is 1. The second-order valence-corrected chi connectivity index (χ2v) is 6.68. The van der Waals surface area contributed by atoms with Crippen LogP contribution < -0.4 is 10.5 Å². The van der Waals surface area contributed by atoms with Crippen molar-refractivity contribution in [1.82, 2.24) is 0 Å². The Hall–Kier alpha value is -0.700. The van der Waals surface area contributed by atoms with Crippen LogP contribution >= 0.6 is 15.9 Å². The SMILES string of the molecule is Cc1c(C)c2c(c(C)c1N)CC(C)(C(C)Br)O2. The van der Waals surface area contributed by atoms with E-state index in [4.69, 9.17) is 10.5 Å². The lowest BCUT2D eigenvalue weighted by Crippen LogP contribution is -2.38. The van der Waals surface area contributed by atoms with Gasteiger partial charge in [-0.25, -0.2) is 0 Å². The summed E-state index contributed by atoms with van der Waals surface area (Å²) < 4.78 is 6.20. The highest BCUT2D eigenvalue weighted by Crippen LogP contribution is 2.45. The number of nitrogens with two attached hydrogens (primary N) is 1. The number of alkyl halides is 1. The Kier molecular flexibility index (Phi) is 2.93. The van der Waals surface area contributed by atoms with E-state index in [-0.39, 0.29) is 5.60 Å². The summed E-state index contributed by atoms with van der Waals surface area (Å²) in [5, 5.41) is 0. The van der Waals surface area contributed by atoms with E-state index in [1.807, 2.05) is 0 Å². The Labute approximate surface area is 112 Å². The molecule has 2 nitrogen and oxygen atoms in total. The van der Waals surface area contributed by atoms with Gasteiger partial charge in [-0.1, -0.05) is 15.9 Å². The molecule has 0 saturated carbocycles. The summed E-state index contributed by atoms with van der Waals surface area (Å²) in [6.45, 7) is 10.5. The van der Waals surface area contributed by atoms with Gasteiger partial charge in [0.05, 0.1) is 4.83 Å². The third-order valence-electron chi connectivity index (χ3n) is 4.14. The van der Waals surface area contributed by atoms with Crippen LogP contribution in [0.3, 0.4) is 0 Å². The Bertz CT molecular complexity index is 443. The Morgan fingerprint density at radius 3 is 2.35 bits per heavy atom. The molecule has 1 aliphatic heterocycles. The number of nitrogen functional groups attached to an aromatic ring is 1. The van der Waals surface area contributed by atoms with E-state index < -0.39 is 0 Å².